The molecule has 5 rings (SSSR count). The maximum Gasteiger partial charge on any atom is 0.338 e. The van der Waals surface area contributed by atoms with Gasteiger partial charge in [0.15, 0.2) is 12.4 Å². The van der Waals surface area contributed by atoms with E-state index in [1.54, 1.807) is 36.4 Å². The molecule has 1 aliphatic heterocycles. The highest BCUT2D eigenvalue weighted by Gasteiger charge is 2.66. The average molecular weight is 640 g/mol. The van der Waals surface area contributed by atoms with Crippen molar-refractivity contribution in [1.29, 1.82) is 0 Å². The van der Waals surface area contributed by atoms with Crippen LogP contribution in [0, 0.1) is 23.7 Å². The van der Waals surface area contributed by atoms with Crippen molar-refractivity contribution >= 4 is 77.0 Å². The number of hydrogen-bond donors (Lipinski definition) is 0. The molecule has 2 saturated carbocycles. The number of benzene rings is 2. The van der Waals surface area contributed by atoms with E-state index in [1.807, 2.05) is 0 Å². The van der Waals surface area contributed by atoms with Crippen molar-refractivity contribution in [1.82, 2.24) is 0 Å². The molecule has 2 amide bonds. The minimum atomic E-state index is -0.648. The third-order valence-electron chi connectivity index (χ3n) is 6.85. The van der Waals surface area contributed by atoms with Crippen molar-refractivity contribution in [2.75, 3.05) is 11.5 Å². The van der Waals surface area contributed by atoms with Gasteiger partial charge in [-0.05, 0) is 54.7 Å². The number of amides is 2. The first-order valence-corrected chi connectivity index (χ1v) is 13.1. The largest absolute Gasteiger partial charge is 0.454 e. The van der Waals surface area contributed by atoms with Gasteiger partial charge >= 0.3 is 5.97 Å². The second kappa shape index (κ2) is 8.74. The average Bonchev–Trinajstić information content (AvgIpc) is 3.42. The molecule has 2 aliphatic carbocycles. The summed E-state index contributed by atoms with van der Waals surface area (Å²) in [6.07, 6.45) is 0.871. The molecule has 0 aromatic heterocycles. The minimum absolute atomic E-state index is 0.142. The molecule has 0 spiro atoms. The molecule has 6 atom stereocenters. The number of carbonyl (C=O) groups is 4. The Morgan fingerprint density at radius 1 is 0.848 bits per heavy atom. The van der Waals surface area contributed by atoms with Crippen molar-refractivity contribution in [2.24, 2.45) is 23.7 Å². The first kappa shape index (κ1) is 22.9. The number of halogens is 3. The van der Waals surface area contributed by atoms with Crippen LogP contribution < -0.4 is 4.90 Å². The first-order chi connectivity index (χ1) is 15.8. The number of carbonyl (C=O) groups excluding carboxylic acids is 4. The molecule has 0 N–H and O–H groups in total. The van der Waals surface area contributed by atoms with Crippen LogP contribution in [0.15, 0.2) is 53.0 Å². The van der Waals surface area contributed by atoms with E-state index in [9.17, 15) is 19.2 Å². The Bertz CT molecular complexity index is 1120. The highest BCUT2D eigenvalue weighted by Crippen LogP contribution is 2.60. The van der Waals surface area contributed by atoms with E-state index in [4.69, 9.17) is 4.74 Å². The maximum absolute atomic E-state index is 13.1. The summed E-state index contributed by atoms with van der Waals surface area (Å²) in [5.74, 6) is -1.60. The molecular weight excluding hydrogens is 622 g/mol. The predicted octanol–water partition coefficient (Wildman–Crippen LogP) is 4.77. The molecule has 3 fully saturated rings. The summed E-state index contributed by atoms with van der Waals surface area (Å²) in [5, 5.41) is 0. The van der Waals surface area contributed by atoms with E-state index in [1.165, 1.54) is 17.0 Å². The topological polar surface area (TPSA) is 80.8 Å². The van der Waals surface area contributed by atoms with Crippen molar-refractivity contribution < 1.29 is 23.9 Å². The second-order valence-corrected chi connectivity index (χ2v) is 11.6. The lowest BCUT2D eigenvalue weighted by molar-refractivity contribution is -0.123. The van der Waals surface area contributed by atoms with Crippen LogP contribution in [0.3, 0.4) is 0 Å². The Kier molecular flexibility index (Phi) is 6.07. The SMILES string of the molecule is O=C(COC(=O)c1ccc(N2C(=O)[C@H]3[C@@H]4C[C@@H]([C@@H](Br)[C@H]4Br)[C@@H]3C2=O)cc1)c1ccc(Br)cc1. The van der Waals surface area contributed by atoms with Crippen LogP contribution in [0.25, 0.3) is 0 Å². The summed E-state index contributed by atoms with van der Waals surface area (Å²) in [6.45, 7) is -0.376. The number of imide groups is 1. The van der Waals surface area contributed by atoms with Crippen molar-refractivity contribution in [3.05, 3.63) is 64.1 Å². The molecule has 3 aliphatic rings. The van der Waals surface area contributed by atoms with E-state index < -0.39 is 5.97 Å². The monoisotopic (exact) mass is 637 g/mol. The number of hydrogen-bond acceptors (Lipinski definition) is 5. The number of Topliss-reactive ketones (excluding diaryl/α,β-unsaturated/α-hetero) is 1. The highest BCUT2D eigenvalue weighted by atomic mass is 79.9. The molecule has 1 heterocycles. The summed E-state index contributed by atoms with van der Waals surface area (Å²) < 4.78 is 5.99. The predicted molar refractivity (Wildman–Crippen MR) is 132 cm³/mol. The number of rotatable bonds is 5. The Morgan fingerprint density at radius 2 is 1.36 bits per heavy atom. The van der Waals surface area contributed by atoms with Crippen LogP contribution in [0.2, 0.25) is 0 Å². The van der Waals surface area contributed by atoms with Gasteiger partial charge in [0, 0.05) is 19.7 Å². The maximum atomic E-state index is 13.1. The van der Waals surface area contributed by atoms with Crippen LogP contribution in [-0.2, 0) is 14.3 Å². The Labute approximate surface area is 215 Å². The zero-order valence-corrected chi connectivity index (χ0v) is 21.9. The standard InChI is InChI=1S/C24H18Br3NO5/c25-13-5-1-11(2-6-13)17(29)10-33-24(32)12-3-7-14(8-4-12)28-22(30)18-15-9-16(19(18)23(28)31)21(27)20(15)26/h1-8,15-16,18-21H,9-10H2/t15-,16+,18-,19-,20-,21+/m0/s1. The summed E-state index contributed by atoms with van der Waals surface area (Å²) in [4.78, 5) is 52.5. The summed E-state index contributed by atoms with van der Waals surface area (Å²) in [6, 6.07) is 12.9. The van der Waals surface area contributed by atoms with Crippen molar-refractivity contribution in [3.8, 4) is 0 Å². The molecule has 9 heteroatoms. The number of fused-ring (bicyclic) bond motifs is 5. The van der Waals surface area contributed by atoms with Gasteiger partial charge in [-0.15, -0.1) is 0 Å². The Hall–Kier alpha value is -1.84. The number of ketones is 1. The van der Waals surface area contributed by atoms with Gasteiger partial charge in [-0.3, -0.25) is 19.3 Å². The molecular formula is C24H18Br3NO5. The third-order valence-corrected chi connectivity index (χ3v) is 10.6. The molecule has 170 valence electrons. The van der Waals surface area contributed by atoms with Gasteiger partial charge in [0.05, 0.1) is 23.1 Å². The third kappa shape index (κ3) is 3.82. The second-order valence-electron chi connectivity index (χ2n) is 8.57. The summed E-state index contributed by atoms with van der Waals surface area (Å²) in [7, 11) is 0. The normalized spacial score (nSPS) is 30.0. The molecule has 6 nitrogen and oxygen atoms in total. The van der Waals surface area contributed by atoms with Gasteiger partial charge in [-0.1, -0.05) is 59.9 Å². The lowest BCUT2D eigenvalue weighted by Gasteiger charge is -2.28. The van der Waals surface area contributed by atoms with E-state index in [0.29, 0.717) is 11.3 Å². The fourth-order valence-corrected chi connectivity index (χ4v) is 7.42. The zero-order valence-electron chi connectivity index (χ0n) is 17.1. The summed E-state index contributed by atoms with van der Waals surface area (Å²) in [5.41, 5.74) is 1.13. The quantitative estimate of drug-likeness (QED) is 0.204. The van der Waals surface area contributed by atoms with Gasteiger partial charge in [-0.25, -0.2) is 4.79 Å². The van der Waals surface area contributed by atoms with Gasteiger partial charge in [-0.2, -0.15) is 0 Å². The number of alkyl halides is 2. The summed E-state index contributed by atoms with van der Waals surface area (Å²) >= 11 is 10.7. The first-order valence-electron chi connectivity index (χ1n) is 10.5. The van der Waals surface area contributed by atoms with Crippen LogP contribution in [0.1, 0.15) is 27.1 Å². The van der Waals surface area contributed by atoms with E-state index >= 15 is 0 Å². The highest BCUT2D eigenvalue weighted by molar-refractivity contribution is 9.12. The molecule has 1 saturated heterocycles. The van der Waals surface area contributed by atoms with Crippen molar-refractivity contribution in [2.45, 2.75) is 16.1 Å². The number of esters is 1. The molecule has 2 aromatic rings. The van der Waals surface area contributed by atoms with Gasteiger partial charge in [0.1, 0.15) is 0 Å². The fraction of sp³-hybridized carbons (Fsp3) is 0.333. The Balaban J connectivity index is 1.26. The van der Waals surface area contributed by atoms with Crippen LogP contribution in [0.4, 0.5) is 5.69 Å². The lowest BCUT2D eigenvalue weighted by atomic mass is 9.81. The number of nitrogens with zero attached hydrogens (tertiary/aromatic N) is 1. The lowest BCUT2D eigenvalue weighted by Crippen LogP contribution is -2.37. The fourth-order valence-electron chi connectivity index (χ4n) is 5.28. The van der Waals surface area contributed by atoms with Gasteiger partial charge in [0.2, 0.25) is 11.8 Å². The van der Waals surface area contributed by atoms with Gasteiger partial charge in [0.25, 0.3) is 0 Å². The molecule has 2 bridgehead atoms. The van der Waals surface area contributed by atoms with Crippen LogP contribution >= 0.6 is 47.8 Å². The minimum Gasteiger partial charge on any atom is -0.454 e. The van der Waals surface area contributed by atoms with Crippen LogP contribution in [0.5, 0.6) is 0 Å². The zero-order chi connectivity index (χ0) is 23.4. The van der Waals surface area contributed by atoms with E-state index in [2.05, 4.69) is 47.8 Å². The number of ether oxygens (including phenoxy) is 1. The molecule has 33 heavy (non-hydrogen) atoms. The van der Waals surface area contributed by atoms with E-state index in [-0.39, 0.29) is 63.1 Å². The van der Waals surface area contributed by atoms with Crippen molar-refractivity contribution in [3.63, 3.8) is 0 Å². The molecule has 0 unspecified atom stereocenters. The Morgan fingerprint density at radius 3 is 1.91 bits per heavy atom. The molecule has 0 radical (unpaired) electrons. The molecule has 2 aromatic carbocycles. The smallest absolute Gasteiger partial charge is 0.338 e. The van der Waals surface area contributed by atoms with E-state index in [0.717, 1.165) is 10.9 Å². The van der Waals surface area contributed by atoms with Crippen LogP contribution in [-0.4, -0.2) is 39.8 Å². The van der Waals surface area contributed by atoms with Gasteiger partial charge < -0.3 is 4.74 Å². The number of anilines is 1.